The summed E-state index contributed by atoms with van der Waals surface area (Å²) in [6.45, 7) is 10.1. The fourth-order valence-electron chi connectivity index (χ4n) is 4.09. The van der Waals surface area contributed by atoms with Crippen molar-refractivity contribution in [2.75, 3.05) is 17.1 Å². The van der Waals surface area contributed by atoms with E-state index in [4.69, 9.17) is 0 Å². The highest BCUT2D eigenvalue weighted by Gasteiger charge is 2.29. The number of carbonyl (C=O) groups is 2. The van der Waals surface area contributed by atoms with Gasteiger partial charge in [0.05, 0.1) is 11.9 Å². The Morgan fingerprint density at radius 1 is 1.00 bits per heavy atom. The zero-order valence-electron chi connectivity index (χ0n) is 21.7. The van der Waals surface area contributed by atoms with Gasteiger partial charge in [-0.05, 0) is 63.8 Å². The number of hydrogen-bond donors (Lipinski definition) is 1. The molecule has 0 bridgehead atoms. The molecule has 0 spiro atoms. The maximum Gasteiger partial charge on any atom is 0.243 e. The standard InChI is InChI=1S/C27H39N3O4S/c1-7-25(27(32)28-20(2)3)29(19-23-13-8-11-21(4)17-23)26(31)15-10-16-30(35(6,33)34)24-14-9-12-22(5)18-24/h8-9,11-14,17-18,20,25H,7,10,15-16,19H2,1-6H3,(H,28,32). The molecular formula is C27H39N3O4S. The van der Waals surface area contributed by atoms with Gasteiger partial charge in [0.2, 0.25) is 21.8 Å². The Morgan fingerprint density at radius 3 is 2.17 bits per heavy atom. The summed E-state index contributed by atoms with van der Waals surface area (Å²) >= 11 is 0. The molecule has 1 unspecified atom stereocenters. The summed E-state index contributed by atoms with van der Waals surface area (Å²) in [5.41, 5.74) is 3.57. The second kappa shape index (κ2) is 12.7. The smallest absolute Gasteiger partial charge is 0.243 e. The minimum Gasteiger partial charge on any atom is -0.352 e. The van der Waals surface area contributed by atoms with Gasteiger partial charge in [-0.1, -0.05) is 48.9 Å². The van der Waals surface area contributed by atoms with Crippen LogP contribution in [0, 0.1) is 13.8 Å². The summed E-state index contributed by atoms with van der Waals surface area (Å²) in [5, 5.41) is 2.93. The minimum absolute atomic E-state index is 0.0369. The van der Waals surface area contributed by atoms with Crippen LogP contribution in [0.5, 0.6) is 0 Å². The molecule has 0 saturated carbocycles. The Kier molecular flexibility index (Phi) is 10.3. The lowest BCUT2D eigenvalue weighted by Crippen LogP contribution is -2.50. The van der Waals surface area contributed by atoms with Crippen molar-refractivity contribution in [3.8, 4) is 0 Å². The number of hydrogen-bond acceptors (Lipinski definition) is 4. The van der Waals surface area contributed by atoms with Gasteiger partial charge in [0, 0.05) is 25.6 Å². The Labute approximate surface area is 210 Å². The molecule has 2 aromatic carbocycles. The van der Waals surface area contributed by atoms with Gasteiger partial charge in [-0.25, -0.2) is 8.42 Å². The van der Waals surface area contributed by atoms with Crippen molar-refractivity contribution in [1.82, 2.24) is 10.2 Å². The zero-order valence-corrected chi connectivity index (χ0v) is 22.6. The largest absolute Gasteiger partial charge is 0.352 e. The molecule has 8 heteroatoms. The fourth-order valence-corrected chi connectivity index (χ4v) is 5.05. The molecule has 0 aliphatic carbocycles. The van der Waals surface area contributed by atoms with Crippen LogP contribution in [0.25, 0.3) is 0 Å². The monoisotopic (exact) mass is 501 g/mol. The molecule has 0 aliphatic heterocycles. The Morgan fingerprint density at radius 2 is 1.63 bits per heavy atom. The van der Waals surface area contributed by atoms with E-state index in [0.717, 1.165) is 16.7 Å². The van der Waals surface area contributed by atoms with E-state index in [0.29, 0.717) is 25.1 Å². The zero-order chi connectivity index (χ0) is 26.2. The summed E-state index contributed by atoms with van der Waals surface area (Å²) < 4.78 is 26.2. The predicted molar refractivity (Wildman–Crippen MR) is 142 cm³/mol. The first-order valence-corrected chi connectivity index (χ1v) is 14.0. The van der Waals surface area contributed by atoms with Crippen molar-refractivity contribution in [2.24, 2.45) is 0 Å². The highest BCUT2D eigenvalue weighted by atomic mass is 32.2. The summed E-state index contributed by atoms with van der Waals surface area (Å²) in [5.74, 6) is -0.351. The van der Waals surface area contributed by atoms with Crippen molar-refractivity contribution in [3.05, 3.63) is 65.2 Å². The van der Waals surface area contributed by atoms with Gasteiger partial charge in [-0.3, -0.25) is 13.9 Å². The third kappa shape index (κ3) is 8.69. The lowest BCUT2D eigenvalue weighted by molar-refractivity contribution is -0.141. The molecule has 192 valence electrons. The van der Waals surface area contributed by atoms with Crippen molar-refractivity contribution < 1.29 is 18.0 Å². The van der Waals surface area contributed by atoms with Crippen LogP contribution >= 0.6 is 0 Å². The van der Waals surface area contributed by atoms with Gasteiger partial charge >= 0.3 is 0 Å². The van der Waals surface area contributed by atoms with Crippen LogP contribution in [-0.4, -0.2) is 50.0 Å². The van der Waals surface area contributed by atoms with E-state index in [1.54, 1.807) is 11.0 Å². The molecule has 1 atom stereocenters. The molecule has 2 rings (SSSR count). The van der Waals surface area contributed by atoms with E-state index in [2.05, 4.69) is 5.32 Å². The molecule has 0 fully saturated rings. The topological polar surface area (TPSA) is 86.8 Å². The lowest BCUT2D eigenvalue weighted by atomic mass is 10.1. The van der Waals surface area contributed by atoms with Crippen LogP contribution in [0.2, 0.25) is 0 Å². The fraction of sp³-hybridized carbons (Fsp3) is 0.481. The third-order valence-corrected chi connectivity index (χ3v) is 6.89. The van der Waals surface area contributed by atoms with Gasteiger partial charge in [0.25, 0.3) is 0 Å². The van der Waals surface area contributed by atoms with E-state index in [1.165, 1.54) is 10.6 Å². The Bertz CT molecular complexity index is 1110. The predicted octanol–water partition coefficient (Wildman–Crippen LogP) is 4.18. The molecule has 1 N–H and O–H groups in total. The second-order valence-corrected chi connectivity index (χ2v) is 11.3. The molecule has 2 aromatic rings. The first kappa shape index (κ1) is 28.4. The number of aryl methyl sites for hydroxylation is 2. The molecule has 35 heavy (non-hydrogen) atoms. The summed E-state index contributed by atoms with van der Waals surface area (Å²) in [7, 11) is -3.51. The van der Waals surface area contributed by atoms with Crippen LogP contribution in [0.3, 0.4) is 0 Å². The van der Waals surface area contributed by atoms with Crippen LogP contribution < -0.4 is 9.62 Å². The number of sulfonamides is 1. The van der Waals surface area contributed by atoms with E-state index in [9.17, 15) is 18.0 Å². The average Bonchev–Trinajstić information content (AvgIpc) is 2.75. The molecule has 0 aliphatic rings. The molecule has 7 nitrogen and oxygen atoms in total. The molecule has 0 aromatic heterocycles. The molecular weight excluding hydrogens is 462 g/mol. The molecule has 0 saturated heterocycles. The summed E-state index contributed by atoms with van der Waals surface area (Å²) in [6.07, 6.45) is 2.13. The number of nitrogens with one attached hydrogen (secondary N) is 1. The van der Waals surface area contributed by atoms with Crippen molar-refractivity contribution in [2.45, 2.75) is 72.5 Å². The van der Waals surface area contributed by atoms with E-state index in [1.807, 2.05) is 77.1 Å². The van der Waals surface area contributed by atoms with E-state index < -0.39 is 16.1 Å². The Balaban J connectivity index is 2.22. The van der Waals surface area contributed by atoms with Gasteiger partial charge in [-0.2, -0.15) is 0 Å². The number of benzene rings is 2. The van der Waals surface area contributed by atoms with Crippen molar-refractivity contribution in [1.29, 1.82) is 0 Å². The number of amides is 2. The highest BCUT2D eigenvalue weighted by molar-refractivity contribution is 7.92. The van der Waals surface area contributed by atoms with Crippen molar-refractivity contribution in [3.63, 3.8) is 0 Å². The first-order chi connectivity index (χ1) is 16.4. The van der Waals surface area contributed by atoms with Gasteiger partial charge in [-0.15, -0.1) is 0 Å². The normalized spacial score (nSPS) is 12.3. The van der Waals surface area contributed by atoms with Gasteiger partial charge in [0.1, 0.15) is 6.04 Å². The number of carbonyl (C=O) groups excluding carboxylic acids is 2. The van der Waals surface area contributed by atoms with Crippen LogP contribution in [0.1, 0.15) is 56.7 Å². The van der Waals surface area contributed by atoms with Gasteiger partial charge < -0.3 is 10.2 Å². The van der Waals surface area contributed by atoms with E-state index >= 15 is 0 Å². The summed E-state index contributed by atoms with van der Waals surface area (Å²) in [4.78, 5) is 28.0. The lowest BCUT2D eigenvalue weighted by Gasteiger charge is -2.31. The van der Waals surface area contributed by atoms with Crippen LogP contribution in [0.4, 0.5) is 5.69 Å². The quantitative estimate of drug-likeness (QED) is 0.473. The van der Waals surface area contributed by atoms with Crippen LogP contribution in [-0.2, 0) is 26.2 Å². The number of rotatable bonds is 12. The summed E-state index contributed by atoms with van der Waals surface area (Å²) in [6, 6.07) is 14.5. The Hall–Kier alpha value is -2.87. The maximum absolute atomic E-state index is 13.4. The van der Waals surface area contributed by atoms with E-state index in [-0.39, 0.29) is 30.8 Å². The first-order valence-electron chi connectivity index (χ1n) is 12.1. The maximum atomic E-state index is 13.4. The average molecular weight is 502 g/mol. The SMILES string of the molecule is CCC(C(=O)NC(C)C)N(Cc1cccc(C)c1)C(=O)CCCN(c1cccc(C)c1)S(C)(=O)=O. The second-order valence-electron chi connectivity index (χ2n) is 9.38. The number of nitrogens with zero attached hydrogens (tertiary/aromatic N) is 2. The highest BCUT2D eigenvalue weighted by Crippen LogP contribution is 2.21. The van der Waals surface area contributed by atoms with Crippen LogP contribution in [0.15, 0.2) is 48.5 Å². The third-order valence-electron chi connectivity index (χ3n) is 5.69. The van der Waals surface area contributed by atoms with Crippen molar-refractivity contribution >= 4 is 27.5 Å². The molecule has 0 heterocycles. The number of anilines is 1. The molecule has 2 amide bonds. The minimum atomic E-state index is -3.51. The molecule has 0 radical (unpaired) electrons. The van der Waals surface area contributed by atoms with Gasteiger partial charge in [0.15, 0.2) is 0 Å².